The number of carbonyl (C=O) groups excluding carboxylic acids is 2. The number of aromatic nitrogens is 2. The summed E-state index contributed by atoms with van der Waals surface area (Å²) in [6, 6.07) is 7.31. The van der Waals surface area contributed by atoms with Gasteiger partial charge < -0.3 is 20.7 Å². The lowest BCUT2D eigenvalue weighted by atomic mass is 10.0. The summed E-state index contributed by atoms with van der Waals surface area (Å²) in [5.74, 6) is 0.977. The Bertz CT molecular complexity index is 946. The van der Waals surface area contributed by atoms with E-state index >= 15 is 0 Å². The zero-order valence-electron chi connectivity index (χ0n) is 15.9. The monoisotopic (exact) mass is 394 g/mol. The maximum atomic E-state index is 12.5. The van der Waals surface area contributed by atoms with Crippen molar-refractivity contribution in [3.05, 3.63) is 36.2 Å². The summed E-state index contributed by atoms with van der Waals surface area (Å²) in [4.78, 5) is 37.3. The summed E-state index contributed by atoms with van der Waals surface area (Å²) >= 11 is 0. The average Bonchev–Trinajstić information content (AvgIpc) is 3.05. The van der Waals surface area contributed by atoms with E-state index in [0.717, 1.165) is 6.42 Å². The lowest BCUT2D eigenvalue weighted by Crippen LogP contribution is -2.26. The van der Waals surface area contributed by atoms with E-state index in [1.165, 1.54) is 6.33 Å². The summed E-state index contributed by atoms with van der Waals surface area (Å²) in [5, 5.41) is 8.92. The Kier molecular flexibility index (Phi) is 5.64. The Morgan fingerprint density at radius 1 is 1.03 bits per heavy atom. The second kappa shape index (κ2) is 8.68. The van der Waals surface area contributed by atoms with Gasteiger partial charge in [-0.05, 0) is 25.0 Å². The van der Waals surface area contributed by atoms with Crippen molar-refractivity contribution >= 4 is 35.4 Å². The van der Waals surface area contributed by atoms with Crippen molar-refractivity contribution in [3.63, 3.8) is 0 Å². The van der Waals surface area contributed by atoms with Gasteiger partial charge in [0.25, 0.3) is 0 Å². The third-order valence-electron chi connectivity index (χ3n) is 4.69. The minimum Gasteiger partial charge on any atom is -0.494 e. The van der Waals surface area contributed by atoms with Gasteiger partial charge in [0, 0.05) is 31.8 Å². The summed E-state index contributed by atoms with van der Waals surface area (Å²) in [5.41, 5.74) is 1.35. The largest absolute Gasteiger partial charge is 0.494 e. The van der Waals surface area contributed by atoms with E-state index < -0.39 is 5.92 Å². The van der Waals surface area contributed by atoms with Gasteiger partial charge in [-0.1, -0.05) is 6.07 Å². The summed E-state index contributed by atoms with van der Waals surface area (Å²) < 4.78 is 5.72. The fourth-order valence-electron chi connectivity index (χ4n) is 3.25. The SMILES string of the molecule is O=C1CCCOc2cccc(c2)N=CC2C(=O)Nc3ncnc(c32)NCCCN1. The van der Waals surface area contributed by atoms with Crippen molar-refractivity contribution in [3.8, 4) is 5.75 Å². The molecule has 150 valence electrons. The Hall–Kier alpha value is -3.49. The predicted molar refractivity (Wildman–Crippen MR) is 109 cm³/mol. The van der Waals surface area contributed by atoms with E-state index in [1.807, 2.05) is 18.2 Å². The number of benzene rings is 1. The molecule has 9 heteroatoms. The molecule has 0 radical (unpaired) electrons. The van der Waals surface area contributed by atoms with Crippen LogP contribution >= 0.6 is 0 Å². The average molecular weight is 394 g/mol. The number of amides is 2. The quantitative estimate of drug-likeness (QED) is 0.629. The molecule has 2 aliphatic rings. The first kappa shape index (κ1) is 18.9. The van der Waals surface area contributed by atoms with Crippen molar-refractivity contribution in [2.24, 2.45) is 4.99 Å². The van der Waals surface area contributed by atoms with E-state index in [1.54, 1.807) is 12.3 Å². The number of nitrogens with zero attached hydrogens (tertiary/aromatic N) is 3. The highest BCUT2D eigenvalue weighted by molar-refractivity contribution is 6.13. The number of aliphatic imine (C=N–C) groups is 1. The number of carbonyl (C=O) groups is 2. The maximum Gasteiger partial charge on any atom is 0.238 e. The molecule has 2 amide bonds. The number of rotatable bonds is 0. The van der Waals surface area contributed by atoms with Gasteiger partial charge >= 0.3 is 0 Å². The predicted octanol–water partition coefficient (Wildman–Crippen LogP) is 2.01. The lowest BCUT2D eigenvalue weighted by molar-refractivity contribution is -0.121. The van der Waals surface area contributed by atoms with Gasteiger partial charge in [0.15, 0.2) is 0 Å². The lowest BCUT2D eigenvalue weighted by Gasteiger charge is -2.12. The molecule has 9 nitrogen and oxygen atoms in total. The van der Waals surface area contributed by atoms with Crippen LogP contribution in [0.1, 0.15) is 30.7 Å². The Balaban J connectivity index is 1.62. The van der Waals surface area contributed by atoms with Gasteiger partial charge in [-0.25, -0.2) is 9.97 Å². The highest BCUT2D eigenvalue weighted by Crippen LogP contribution is 2.34. The molecule has 1 atom stereocenters. The summed E-state index contributed by atoms with van der Waals surface area (Å²) in [6.07, 6.45) is 4.80. The van der Waals surface area contributed by atoms with Crippen molar-refractivity contribution in [1.29, 1.82) is 0 Å². The second-order valence-electron chi connectivity index (χ2n) is 6.81. The fourth-order valence-corrected chi connectivity index (χ4v) is 3.25. The molecular weight excluding hydrogens is 372 g/mol. The molecular formula is C20H22N6O3. The zero-order chi connectivity index (χ0) is 20.1. The molecule has 0 saturated carbocycles. The minimum atomic E-state index is -0.586. The molecule has 1 unspecified atom stereocenters. The molecule has 2 aromatic rings. The number of hydrogen-bond acceptors (Lipinski definition) is 7. The van der Waals surface area contributed by atoms with Crippen LogP contribution in [0.3, 0.4) is 0 Å². The van der Waals surface area contributed by atoms with E-state index in [2.05, 4.69) is 30.9 Å². The molecule has 1 aromatic carbocycles. The summed E-state index contributed by atoms with van der Waals surface area (Å²) in [7, 11) is 0. The Morgan fingerprint density at radius 2 is 1.90 bits per heavy atom. The third-order valence-corrected chi connectivity index (χ3v) is 4.69. The highest BCUT2D eigenvalue weighted by atomic mass is 16.5. The topological polar surface area (TPSA) is 118 Å². The van der Waals surface area contributed by atoms with Gasteiger partial charge in [0.1, 0.15) is 29.6 Å². The molecule has 1 aromatic heterocycles. The molecule has 2 aliphatic heterocycles. The van der Waals surface area contributed by atoms with Gasteiger partial charge in [0.2, 0.25) is 11.8 Å². The second-order valence-corrected chi connectivity index (χ2v) is 6.81. The van der Waals surface area contributed by atoms with Crippen molar-refractivity contribution in [1.82, 2.24) is 15.3 Å². The molecule has 0 aliphatic carbocycles. The van der Waals surface area contributed by atoms with Gasteiger partial charge in [-0.2, -0.15) is 0 Å². The molecule has 4 rings (SSSR count). The minimum absolute atomic E-state index is 0.00542. The zero-order valence-corrected chi connectivity index (χ0v) is 15.9. The van der Waals surface area contributed by atoms with Crippen LogP contribution in [-0.2, 0) is 9.59 Å². The highest BCUT2D eigenvalue weighted by Gasteiger charge is 2.33. The first-order chi connectivity index (χ1) is 14.2. The number of nitrogens with one attached hydrogen (secondary N) is 3. The first-order valence-electron chi connectivity index (χ1n) is 9.64. The van der Waals surface area contributed by atoms with Gasteiger partial charge in [0.05, 0.1) is 17.9 Å². The van der Waals surface area contributed by atoms with Crippen molar-refractivity contribution < 1.29 is 14.3 Å². The number of hydrogen-bond donors (Lipinski definition) is 3. The maximum absolute atomic E-state index is 12.5. The molecule has 0 fully saturated rings. The molecule has 0 spiro atoms. The molecule has 0 saturated heterocycles. The molecule has 3 N–H and O–H groups in total. The van der Waals surface area contributed by atoms with Crippen LogP contribution in [0, 0.1) is 0 Å². The van der Waals surface area contributed by atoms with E-state index in [9.17, 15) is 9.59 Å². The van der Waals surface area contributed by atoms with Crippen LogP contribution in [0.5, 0.6) is 5.75 Å². The van der Waals surface area contributed by atoms with E-state index in [-0.39, 0.29) is 11.8 Å². The van der Waals surface area contributed by atoms with Crippen LogP contribution in [-0.4, -0.2) is 47.7 Å². The summed E-state index contributed by atoms with van der Waals surface area (Å²) in [6.45, 7) is 1.61. The van der Waals surface area contributed by atoms with Crippen molar-refractivity contribution in [2.45, 2.75) is 25.2 Å². The van der Waals surface area contributed by atoms with Crippen molar-refractivity contribution in [2.75, 3.05) is 30.3 Å². The number of anilines is 2. The fraction of sp³-hybridized carbons (Fsp3) is 0.350. The van der Waals surface area contributed by atoms with E-state index in [0.29, 0.717) is 61.2 Å². The smallest absolute Gasteiger partial charge is 0.238 e. The van der Waals surface area contributed by atoms with Crippen LogP contribution in [0.4, 0.5) is 17.3 Å². The normalized spacial score (nSPS) is 19.7. The number of fused-ring (bicyclic) bond motifs is 2. The Morgan fingerprint density at radius 3 is 2.83 bits per heavy atom. The van der Waals surface area contributed by atoms with Gasteiger partial charge in [-0.3, -0.25) is 14.6 Å². The Labute approximate surface area is 168 Å². The van der Waals surface area contributed by atoms with Gasteiger partial charge in [-0.15, -0.1) is 0 Å². The first-order valence-corrected chi connectivity index (χ1v) is 9.64. The number of ether oxygens (including phenoxy) is 1. The molecule has 29 heavy (non-hydrogen) atoms. The van der Waals surface area contributed by atoms with Crippen LogP contribution in [0.25, 0.3) is 0 Å². The molecule has 3 heterocycles. The van der Waals surface area contributed by atoms with Crippen LogP contribution in [0.15, 0.2) is 35.6 Å². The third kappa shape index (κ3) is 4.50. The standard InChI is InChI=1S/C20H22N6O3/c27-16-6-2-9-29-14-5-1-4-13(10-14)23-11-15-17-18(22-8-3-7-21-16)24-12-25-19(17)26-20(15)28/h1,4-5,10-12,15H,2-3,6-9H2,(H,21,27)(H2,22,24,25,26,28). The molecule has 2 bridgehead atoms. The van der Waals surface area contributed by atoms with E-state index in [4.69, 9.17) is 4.74 Å². The van der Waals surface area contributed by atoms with Crippen LogP contribution in [0.2, 0.25) is 0 Å². The van der Waals surface area contributed by atoms with Crippen LogP contribution < -0.4 is 20.7 Å².